The summed E-state index contributed by atoms with van der Waals surface area (Å²) >= 11 is 0. The first-order valence-corrected chi connectivity index (χ1v) is 7.70. The molecule has 0 aliphatic rings. The monoisotopic (exact) mass is 339 g/mol. The smallest absolute Gasteiger partial charge is 0.338 e. The number of carbonyl (C=O) groups excluding carboxylic acids is 1. The van der Waals surface area contributed by atoms with Crippen LogP contribution in [0.2, 0.25) is 0 Å². The Bertz CT molecular complexity index is 806. The number of nitrogens with two attached hydrogens (primary N) is 3. The lowest BCUT2D eigenvalue weighted by Crippen LogP contribution is -2.26. The van der Waals surface area contributed by atoms with Gasteiger partial charge < -0.3 is 21.9 Å². The maximum atomic E-state index is 12.0. The highest BCUT2D eigenvalue weighted by Gasteiger charge is 2.10. The Kier molecular flexibility index (Phi) is 5.73. The molecule has 0 aliphatic heterocycles. The SMILES string of the molecule is CC(C)OC(=O)c1cccc(-c2ccc(N=C(N)N=C(N)N)cc2)c1. The van der Waals surface area contributed by atoms with Gasteiger partial charge in [-0.1, -0.05) is 24.3 Å². The van der Waals surface area contributed by atoms with Gasteiger partial charge in [-0.15, -0.1) is 0 Å². The van der Waals surface area contributed by atoms with Gasteiger partial charge in [0.15, 0.2) is 5.96 Å². The third kappa shape index (κ3) is 5.35. The van der Waals surface area contributed by atoms with E-state index in [-0.39, 0.29) is 24.0 Å². The van der Waals surface area contributed by atoms with Crippen molar-refractivity contribution in [2.24, 2.45) is 27.2 Å². The van der Waals surface area contributed by atoms with Crippen LogP contribution in [0.15, 0.2) is 58.5 Å². The van der Waals surface area contributed by atoms with Gasteiger partial charge in [0.05, 0.1) is 17.4 Å². The van der Waals surface area contributed by atoms with Crippen LogP contribution < -0.4 is 17.2 Å². The molecule has 130 valence electrons. The average Bonchev–Trinajstić information content (AvgIpc) is 2.54. The number of benzene rings is 2. The van der Waals surface area contributed by atoms with Gasteiger partial charge in [-0.2, -0.15) is 4.99 Å². The molecule has 0 atom stereocenters. The van der Waals surface area contributed by atoms with Gasteiger partial charge in [-0.3, -0.25) is 0 Å². The van der Waals surface area contributed by atoms with E-state index in [4.69, 9.17) is 21.9 Å². The number of guanidine groups is 2. The Morgan fingerprint density at radius 1 is 1.00 bits per heavy atom. The molecular weight excluding hydrogens is 318 g/mol. The van der Waals surface area contributed by atoms with Crippen molar-refractivity contribution in [2.75, 3.05) is 0 Å². The Morgan fingerprint density at radius 2 is 1.68 bits per heavy atom. The molecule has 7 nitrogen and oxygen atoms in total. The minimum atomic E-state index is -0.344. The maximum Gasteiger partial charge on any atom is 0.338 e. The Hall–Kier alpha value is -3.35. The predicted octanol–water partition coefficient (Wildman–Crippen LogP) is 2.14. The summed E-state index contributed by atoms with van der Waals surface area (Å²) in [4.78, 5) is 19.8. The second kappa shape index (κ2) is 7.96. The quantitative estimate of drug-likeness (QED) is 0.446. The van der Waals surface area contributed by atoms with Gasteiger partial charge in [-0.25, -0.2) is 9.79 Å². The summed E-state index contributed by atoms with van der Waals surface area (Å²) in [6.07, 6.45) is -0.163. The highest BCUT2D eigenvalue weighted by molar-refractivity contribution is 5.93. The molecule has 7 heteroatoms. The summed E-state index contributed by atoms with van der Waals surface area (Å²) in [6, 6.07) is 14.5. The number of esters is 1. The zero-order chi connectivity index (χ0) is 18.4. The van der Waals surface area contributed by atoms with E-state index in [2.05, 4.69) is 9.98 Å². The number of ether oxygens (including phenoxy) is 1. The Morgan fingerprint density at radius 3 is 2.28 bits per heavy atom. The summed E-state index contributed by atoms with van der Waals surface area (Å²) in [7, 11) is 0. The minimum Gasteiger partial charge on any atom is -0.459 e. The first-order chi connectivity index (χ1) is 11.8. The van der Waals surface area contributed by atoms with E-state index >= 15 is 0 Å². The highest BCUT2D eigenvalue weighted by Crippen LogP contribution is 2.24. The molecule has 0 bridgehead atoms. The van der Waals surface area contributed by atoms with E-state index in [1.165, 1.54) is 0 Å². The largest absolute Gasteiger partial charge is 0.459 e. The summed E-state index contributed by atoms with van der Waals surface area (Å²) < 4.78 is 5.22. The van der Waals surface area contributed by atoms with Crippen LogP contribution in [0.25, 0.3) is 11.1 Å². The van der Waals surface area contributed by atoms with E-state index in [0.29, 0.717) is 11.3 Å². The Labute approximate surface area is 146 Å². The summed E-state index contributed by atoms with van der Waals surface area (Å²) in [5.41, 5.74) is 19.0. The van der Waals surface area contributed by atoms with Crippen molar-refractivity contribution in [3.05, 3.63) is 54.1 Å². The van der Waals surface area contributed by atoms with E-state index in [1.807, 2.05) is 38.1 Å². The molecule has 0 aromatic heterocycles. The molecule has 2 aromatic carbocycles. The van der Waals surface area contributed by atoms with E-state index in [1.54, 1.807) is 24.3 Å². The molecule has 0 heterocycles. The molecule has 2 rings (SSSR count). The predicted molar refractivity (Wildman–Crippen MR) is 99.5 cm³/mol. The van der Waals surface area contributed by atoms with Crippen LogP contribution in [0.4, 0.5) is 5.69 Å². The van der Waals surface area contributed by atoms with Crippen LogP contribution in [-0.2, 0) is 4.74 Å². The van der Waals surface area contributed by atoms with Crippen molar-refractivity contribution in [2.45, 2.75) is 20.0 Å². The number of nitrogens with zero attached hydrogens (tertiary/aromatic N) is 2. The standard InChI is InChI=1S/C18H21N5O2/c1-11(2)25-16(24)14-5-3-4-13(10-14)12-6-8-15(9-7-12)22-18(21)23-17(19)20/h3-11H,1-2H3,(H6,19,20,21,22,23). The zero-order valence-electron chi connectivity index (χ0n) is 14.1. The van der Waals surface area contributed by atoms with Crippen LogP contribution in [0.5, 0.6) is 0 Å². The summed E-state index contributed by atoms with van der Waals surface area (Å²) in [5, 5.41) is 0. The third-order valence-electron chi connectivity index (χ3n) is 3.13. The number of hydrogen-bond acceptors (Lipinski definition) is 3. The fraction of sp³-hybridized carbons (Fsp3) is 0.167. The topological polar surface area (TPSA) is 129 Å². The number of aliphatic imine (C=N–C) groups is 2. The van der Waals surface area contributed by atoms with Crippen molar-refractivity contribution in [3.8, 4) is 11.1 Å². The number of carbonyl (C=O) groups is 1. The highest BCUT2D eigenvalue weighted by atomic mass is 16.5. The van der Waals surface area contributed by atoms with Gasteiger partial charge in [0.25, 0.3) is 0 Å². The lowest BCUT2D eigenvalue weighted by molar-refractivity contribution is 0.0378. The molecule has 0 fully saturated rings. The minimum absolute atomic E-state index is 0.0221. The fourth-order valence-electron chi connectivity index (χ4n) is 2.13. The molecule has 6 N–H and O–H groups in total. The van der Waals surface area contributed by atoms with Gasteiger partial charge in [0.2, 0.25) is 5.96 Å². The van der Waals surface area contributed by atoms with Crippen LogP contribution in [-0.4, -0.2) is 24.0 Å². The molecule has 0 unspecified atom stereocenters. The van der Waals surface area contributed by atoms with Crippen molar-refractivity contribution in [1.82, 2.24) is 0 Å². The van der Waals surface area contributed by atoms with Gasteiger partial charge in [0.1, 0.15) is 0 Å². The second-order valence-electron chi connectivity index (χ2n) is 5.59. The normalized spacial score (nSPS) is 11.2. The first-order valence-electron chi connectivity index (χ1n) is 7.70. The lowest BCUT2D eigenvalue weighted by Gasteiger charge is -2.09. The average molecular weight is 339 g/mol. The Balaban J connectivity index is 2.23. The first kappa shape index (κ1) is 18.0. The van der Waals surface area contributed by atoms with Crippen LogP contribution in [0.1, 0.15) is 24.2 Å². The van der Waals surface area contributed by atoms with Crippen LogP contribution in [0.3, 0.4) is 0 Å². The molecular formula is C18H21N5O2. The lowest BCUT2D eigenvalue weighted by atomic mass is 10.0. The van der Waals surface area contributed by atoms with Crippen molar-refractivity contribution < 1.29 is 9.53 Å². The van der Waals surface area contributed by atoms with Crippen molar-refractivity contribution >= 4 is 23.6 Å². The molecule has 0 amide bonds. The van der Waals surface area contributed by atoms with E-state index in [9.17, 15) is 4.79 Å². The molecule has 0 saturated heterocycles. The molecule has 0 aliphatic carbocycles. The molecule has 2 aromatic rings. The van der Waals surface area contributed by atoms with Gasteiger partial charge in [-0.05, 0) is 49.2 Å². The molecule has 0 radical (unpaired) electrons. The van der Waals surface area contributed by atoms with Crippen LogP contribution in [0, 0.1) is 0 Å². The summed E-state index contributed by atoms with van der Waals surface area (Å²) in [6.45, 7) is 3.63. The van der Waals surface area contributed by atoms with Crippen molar-refractivity contribution in [1.29, 1.82) is 0 Å². The van der Waals surface area contributed by atoms with E-state index in [0.717, 1.165) is 11.1 Å². The van der Waals surface area contributed by atoms with Gasteiger partial charge >= 0.3 is 5.97 Å². The van der Waals surface area contributed by atoms with E-state index < -0.39 is 0 Å². The second-order valence-corrected chi connectivity index (χ2v) is 5.59. The van der Waals surface area contributed by atoms with Gasteiger partial charge in [0, 0.05) is 0 Å². The number of hydrogen-bond donors (Lipinski definition) is 3. The van der Waals surface area contributed by atoms with Crippen molar-refractivity contribution in [3.63, 3.8) is 0 Å². The zero-order valence-corrected chi connectivity index (χ0v) is 14.1. The molecule has 0 saturated carbocycles. The third-order valence-corrected chi connectivity index (χ3v) is 3.13. The van der Waals surface area contributed by atoms with Crippen LogP contribution >= 0.6 is 0 Å². The molecule has 0 spiro atoms. The fourth-order valence-corrected chi connectivity index (χ4v) is 2.13. The number of rotatable bonds is 4. The maximum absolute atomic E-state index is 12.0. The molecule has 25 heavy (non-hydrogen) atoms. The summed E-state index contributed by atoms with van der Waals surface area (Å²) in [5.74, 6) is -0.516.